The van der Waals surface area contributed by atoms with E-state index in [0.29, 0.717) is 0 Å². The SMILES string of the molecule is CCNc1cncc(NCCCCCCC(C)C)n1. The Morgan fingerprint density at radius 2 is 1.68 bits per heavy atom. The van der Waals surface area contributed by atoms with Crippen LogP contribution in [0.25, 0.3) is 0 Å². The summed E-state index contributed by atoms with van der Waals surface area (Å²) in [5.74, 6) is 2.53. The highest BCUT2D eigenvalue weighted by atomic mass is 15.1. The van der Waals surface area contributed by atoms with E-state index in [0.717, 1.165) is 30.6 Å². The van der Waals surface area contributed by atoms with Gasteiger partial charge in [-0.2, -0.15) is 0 Å². The normalized spacial score (nSPS) is 10.7. The molecule has 4 heteroatoms. The van der Waals surface area contributed by atoms with Crippen molar-refractivity contribution in [3.8, 4) is 0 Å². The van der Waals surface area contributed by atoms with E-state index in [9.17, 15) is 0 Å². The van der Waals surface area contributed by atoms with Crippen molar-refractivity contribution in [3.63, 3.8) is 0 Å². The van der Waals surface area contributed by atoms with E-state index >= 15 is 0 Å². The summed E-state index contributed by atoms with van der Waals surface area (Å²) >= 11 is 0. The molecule has 0 fully saturated rings. The molecule has 0 saturated carbocycles. The zero-order valence-corrected chi connectivity index (χ0v) is 12.6. The second-order valence-electron chi connectivity index (χ2n) is 5.34. The number of rotatable bonds is 10. The average molecular weight is 264 g/mol. The Kier molecular flexibility index (Phi) is 7.94. The van der Waals surface area contributed by atoms with Gasteiger partial charge in [-0.3, -0.25) is 4.98 Å². The lowest BCUT2D eigenvalue weighted by atomic mass is 10.0. The van der Waals surface area contributed by atoms with Crippen LogP contribution in [0.15, 0.2) is 12.4 Å². The number of hydrogen-bond acceptors (Lipinski definition) is 4. The summed E-state index contributed by atoms with van der Waals surface area (Å²) in [7, 11) is 0. The molecule has 19 heavy (non-hydrogen) atoms. The van der Waals surface area contributed by atoms with Crippen LogP contribution in [0.3, 0.4) is 0 Å². The molecule has 1 rings (SSSR count). The van der Waals surface area contributed by atoms with Gasteiger partial charge in [-0.25, -0.2) is 4.98 Å². The summed E-state index contributed by atoms with van der Waals surface area (Å²) < 4.78 is 0. The van der Waals surface area contributed by atoms with Crippen LogP contribution in [0.2, 0.25) is 0 Å². The van der Waals surface area contributed by atoms with E-state index < -0.39 is 0 Å². The molecule has 1 heterocycles. The molecule has 0 radical (unpaired) electrons. The number of nitrogens with one attached hydrogen (secondary N) is 2. The van der Waals surface area contributed by atoms with Crippen molar-refractivity contribution in [1.29, 1.82) is 0 Å². The molecule has 0 aliphatic carbocycles. The zero-order chi connectivity index (χ0) is 13.9. The molecule has 2 N–H and O–H groups in total. The molecule has 0 amide bonds. The number of aromatic nitrogens is 2. The van der Waals surface area contributed by atoms with Gasteiger partial charge in [0.05, 0.1) is 12.4 Å². The Bertz CT molecular complexity index is 339. The Hall–Kier alpha value is -1.32. The lowest BCUT2D eigenvalue weighted by Gasteiger charge is -2.08. The molecular formula is C15H28N4. The van der Waals surface area contributed by atoms with Gasteiger partial charge < -0.3 is 10.6 Å². The number of nitrogens with zero attached hydrogens (tertiary/aromatic N) is 2. The third kappa shape index (κ3) is 7.65. The summed E-state index contributed by atoms with van der Waals surface area (Å²) in [4.78, 5) is 8.60. The van der Waals surface area contributed by atoms with Crippen LogP contribution < -0.4 is 10.6 Å². The molecule has 108 valence electrons. The van der Waals surface area contributed by atoms with Gasteiger partial charge in [0, 0.05) is 13.1 Å². The second kappa shape index (κ2) is 9.59. The highest BCUT2D eigenvalue weighted by Gasteiger charge is 1.98. The van der Waals surface area contributed by atoms with Gasteiger partial charge in [-0.05, 0) is 19.3 Å². The molecule has 0 atom stereocenters. The van der Waals surface area contributed by atoms with Gasteiger partial charge in [0.1, 0.15) is 11.6 Å². The van der Waals surface area contributed by atoms with Crippen molar-refractivity contribution >= 4 is 11.6 Å². The zero-order valence-electron chi connectivity index (χ0n) is 12.6. The van der Waals surface area contributed by atoms with Crippen LogP contribution in [-0.2, 0) is 0 Å². The van der Waals surface area contributed by atoms with E-state index in [1.165, 1.54) is 32.1 Å². The molecule has 0 bridgehead atoms. The van der Waals surface area contributed by atoms with E-state index in [-0.39, 0.29) is 0 Å². The van der Waals surface area contributed by atoms with Crippen molar-refractivity contribution in [3.05, 3.63) is 12.4 Å². The van der Waals surface area contributed by atoms with Crippen molar-refractivity contribution < 1.29 is 0 Å². The largest absolute Gasteiger partial charge is 0.369 e. The molecule has 0 aliphatic rings. The maximum Gasteiger partial charge on any atom is 0.146 e. The van der Waals surface area contributed by atoms with E-state index in [1.54, 1.807) is 12.4 Å². The van der Waals surface area contributed by atoms with Gasteiger partial charge >= 0.3 is 0 Å². The molecular weight excluding hydrogens is 236 g/mol. The molecule has 0 saturated heterocycles. The number of anilines is 2. The van der Waals surface area contributed by atoms with Crippen LogP contribution in [0, 0.1) is 5.92 Å². The van der Waals surface area contributed by atoms with Crippen LogP contribution in [0.4, 0.5) is 11.6 Å². The predicted molar refractivity (Wildman–Crippen MR) is 82.6 cm³/mol. The summed E-state index contributed by atoms with van der Waals surface area (Å²) in [6.45, 7) is 8.48. The minimum Gasteiger partial charge on any atom is -0.369 e. The first-order valence-corrected chi connectivity index (χ1v) is 7.52. The fraction of sp³-hybridized carbons (Fsp3) is 0.733. The quantitative estimate of drug-likeness (QED) is 0.629. The predicted octanol–water partition coefficient (Wildman–Crippen LogP) is 3.93. The monoisotopic (exact) mass is 264 g/mol. The van der Waals surface area contributed by atoms with Crippen molar-refractivity contribution in [1.82, 2.24) is 9.97 Å². The van der Waals surface area contributed by atoms with Gasteiger partial charge in [0.15, 0.2) is 0 Å². The first-order valence-electron chi connectivity index (χ1n) is 7.52. The first kappa shape index (κ1) is 15.7. The Labute approximate surface area is 117 Å². The van der Waals surface area contributed by atoms with Gasteiger partial charge in [-0.1, -0.05) is 39.5 Å². The summed E-state index contributed by atoms with van der Waals surface area (Å²) in [5, 5.41) is 6.49. The fourth-order valence-corrected chi connectivity index (χ4v) is 1.97. The van der Waals surface area contributed by atoms with E-state index in [2.05, 4.69) is 41.4 Å². The summed E-state index contributed by atoms with van der Waals surface area (Å²) in [5.41, 5.74) is 0. The Morgan fingerprint density at radius 1 is 1.00 bits per heavy atom. The van der Waals surface area contributed by atoms with Crippen LogP contribution in [0.5, 0.6) is 0 Å². The molecule has 1 aromatic heterocycles. The maximum absolute atomic E-state index is 4.43. The Morgan fingerprint density at radius 3 is 2.37 bits per heavy atom. The van der Waals surface area contributed by atoms with Crippen LogP contribution in [0.1, 0.15) is 52.9 Å². The topological polar surface area (TPSA) is 49.8 Å². The first-order chi connectivity index (χ1) is 9.22. The summed E-state index contributed by atoms with van der Waals surface area (Å²) in [6, 6.07) is 0. The van der Waals surface area contributed by atoms with Gasteiger partial charge in [-0.15, -0.1) is 0 Å². The molecule has 0 aliphatic heterocycles. The van der Waals surface area contributed by atoms with E-state index in [4.69, 9.17) is 0 Å². The van der Waals surface area contributed by atoms with Crippen molar-refractivity contribution in [2.75, 3.05) is 23.7 Å². The minimum atomic E-state index is 0.835. The molecule has 4 nitrogen and oxygen atoms in total. The number of hydrogen-bond donors (Lipinski definition) is 2. The standard InChI is InChI=1S/C15H28N4/c1-4-17-14-11-16-12-15(19-14)18-10-8-6-5-7-9-13(2)3/h11-13H,4-10H2,1-3H3,(H2,17,18,19). The maximum atomic E-state index is 4.43. The molecule has 0 aromatic carbocycles. The molecule has 1 aromatic rings. The molecule has 0 unspecified atom stereocenters. The molecule has 0 spiro atoms. The van der Waals surface area contributed by atoms with Crippen molar-refractivity contribution in [2.45, 2.75) is 52.9 Å². The Balaban J connectivity index is 2.10. The minimum absolute atomic E-state index is 0.835. The van der Waals surface area contributed by atoms with Gasteiger partial charge in [0.2, 0.25) is 0 Å². The van der Waals surface area contributed by atoms with E-state index in [1.807, 2.05) is 0 Å². The summed E-state index contributed by atoms with van der Waals surface area (Å²) in [6.07, 6.45) is 10.1. The van der Waals surface area contributed by atoms with Crippen LogP contribution in [-0.4, -0.2) is 23.1 Å². The highest BCUT2D eigenvalue weighted by Crippen LogP contribution is 2.10. The number of unbranched alkanes of at least 4 members (excludes halogenated alkanes) is 3. The van der Waals surface area contributed by atoms with Gasteiger partial charge in [0.25, 0.3) is 0 Å². The highest BCUT2D eigenvalue weighted by molar-refractivity contribution is 5.41. The third-order valence-electron chi connectivity index (χ3n) is 3.01. The third-order valence-corrected chi connectivity index (χ3v) is 3.01. The van der Waals surface area contributed by atoms with Crippen molar-refractivity contribution in [2.24, 2.45) is 5.92 Å². The second-order valence-corrected chi connectivity index (χ2v) is 5.34. The lowest BCUT2D eigenvalue weighted by molar-refractivity contribution is 0.523. The lowest BCUT2D eigenvalue weighted by Crippen LogP contribution is -2.06. The van der Waals surface area contributed by atoms with Crippen LogP contribution >= 0.6 is 0 Å². The smallest absolute Gasteiger partial charge is 0.146 e. The average Bonchev–Trinajstić information content (AvgIpc) is 2.38. The fourth-order valence-electron chi connectivity index (χ4n) is 1.97.